The van der Waals surface area contributed by atoms with Crippen LogP contribution >= 0.6 is 11.6 Å². The molecular formula is C13H19ClN2OSi. The second-order valence-corrected chi connectivity index (χ2v) is 11.7. The average Bonchev–Trinajstić information content (AvgIpc) is 2.68. The highest BCUT2D eigenvalue weighted by atomic mass is 35.5. The van der Waals surface area contributed by atoms with Crippen LogP contribution in [0.25, 0.3) is 11.0 Å². The molecule has 0 amide bonds. The number of halogens is 1. The Labute approximate surface area is 114 Å². The lowest BCUT2D eigenvalue weighted by Crippen LogP contribution is -2.21. The third-order valence-corrected chi connectivity index (χ3v) is 4.84. The number of aromatic nitrogens is 2. The summed E-state index contributed by atoms with van der Waals surface area (Å²) in [6.07, 6.45) is 1.78. The lowest BCUT2D eigenvalue weighted by molar-refractivity contribution is 0.0898. The summed E-state index contributed by atoms with van der Waals surface area (Å²) in [6.45, 7) is 8.41. The SMILES string of the molecule is C[Si](C)(C)CCOCn1cnc2c(Cl)cccc21. The van der Waals surface area contributed by atoms with Crippen LogP contribution in [-0.4, -0.2) is 24.2 Å². The summed E-state index contributed by atoms with van der Waals surface area (Å²) < 4.78 is 7.71. The summed E-state index contributed by atoms with van der Waals surface area (Å²) in [5, 5.41) is 0.688. The van der Waals surface area contributed by atoms with E-state index in [0.29, 0.717) is 11.8 Å². The first-order valence-corrected chi connectivity index (χ1v) is 10.2. The molecule has 98 valence electrons. The predicted octanol–water partition coefficient (Wildman–Crippen LogP) is 4.00. The number of rotatable bonds is 5. The molecule has 0 bridgehead atoms. The normalized spacial score (nSPS) is 12.2. The number of ether oxygens (including phenoxy) is 1. The van der Waals surface area contributed by atoms with Crippen LogP contribution in [0.15, 0.2) is 24.5 Å². The predicted molar refractivity (Wildman–Crippen MR) is 78.8 cm³/mol. The van der Waals surface area contributed by atoms with Crippen LogP contribution in [0.1, 0.15) is 0 Å². The van der Waals surface area contributed by atoms with Crippen molar-refractivity contribution in [1.29, 1.82) is 0 Å². The van der Waals surface area contributed by atoms with E-state index in [1.54, 1.807) is 6.33 Å². The minimum atomic E-state index is -1.01. The van der Waals surface area contributed by atoms with E-state index < -0.39 is 8.07 Å². The van der Waals surface area contributed by atoms with E-state index in [9.17, 15) is 0 Å². The van der Waals surface area contributed by atoms with Crippen molar-refractivity contribution in [3.63, 3.8) is 0 Å². The van der Waals surface area contributed by atoms with Crippen LogP contribution in [0.5, 0.6) is 0 Å². The van der Waals surface area contributed by atoms with Crippen molar-refractivity contribution >= 4 is 30.7 Å². The molecule has 0 aliphatic heterocycles. The quantitative estimate of drug-likeness (QED) is 0.612. The number of hydrogen-bond donors (Lipinski definition) is 0. The van der Waals surface area contributed by atoms with Gasteiger partial charge in [0.15, 0.2) is 0 Å². The fourth-order valence-electron chi connectivity index (χ4n) is 1.70. The van der Waals surface area contributed by atoms with Gasteiger partial charge in [0, 0.05) is 14.7 Å². The van der Waals surface area contributed by atoms with Gasteiger partial charge in [-0.1, -0.05) is 37.3 Å². The Morgan fingerprint density at radius 3 is 2.83 bits per heavy atom. The highest BCUT2D eigenvalue weighted by Gasteiger charge is 2.12. The number of fused-ring (bicyclic) bond motifs is 1. The molecule has 0 saturated heterocycles. The summed E-state index contributed by atoms with van der Waals surface area (Å²) in [7, 11) is -1.01. The standard InChI is InChI=1S/C13H19ClN2OSi/c1-18(2,3)8-7-17-10-16-9-15-13-11(14)5-4-6-12(13)16/h4-6,9H,7-8,10H2,1-3H3. The van der Waals surface area contributed by atoms with Gasteiger partial charge >= 0.3 is 0 Å². The average molecular weight is 283 g/mol. The number of hydrogen-bond acceptors (Lipinski definition) is 2. The maximum absolute atomic E-state index is 6.08. The van der Waals surface area contributed by atoms with Gasteiger partial charge in [-0.3, -0.25) is 0 Å². The van der Waals surface area contributed by atoms with Crippen molar-refractivity contribution < 1.29 is 4.74 Å². The van der Waals surface area contributed by atoms with Gasteiger partial charge in [-0.15, -0.1) is 0 Å². The number of para-hydroxylation sites is 1. The molecule has 0 aliphatic carbocycles. The molecule has 2 rings (SSSR count). The second kappa shape index (κ2) is 5.43. The van der Waals surface area contributed by atoms with Gasteiger partial charge in [-0.25, -0.2) is 4.98 Å². The molecule has 0 spiro atoms. The summed E-state index contributed by atoms with van der Waals surface area (Å²) in [6, 6.07) is 6.98. The number of imidazole rings is 1. The van der Waals surface area contributed by atoms with E-state index in [2.05, 4.69) is 24.6 Å². The Hall–Kier alpha value is -0.843. The van der Waals surface area contributed by atoms with E-state index in [4.69, 9.17) is 16.3 Å². The molecule has 5 heteroatoms. The van der Waals surface area contributed by atoms with Gasteiger partial charge in [0.05, 0.1) is 16.9 Å². The van der Waals surface area contributed by atoms with Gasteiger partial charge in [-0.2, -0.15) is 0 Å². The molecule has 18 heavy (non-hydrogen) atoms. The van der Waals surface area contributed by atoms with Crippen molar-refractivity contribution in [3.8, 4) is 0 Å². The molecule has 3 nitrogen and oxygen atoms in total. The molecule has 2 aromatic rings. The Balaban J connectivity index is 1.98. The zero-order chi connectivity index (χ0) is 13.2. The highest BCUT2D eigenvalue weighted by molar-refractivity contribution is 6.76. The number of nitrogens with zero attached hydrogens (tertiary/aromatic N) is 2. The fraction of sp³-hybridized carbons (Fsp3) is 0.462. The molecule has 0 atom stereocenters. The summed E-state index contributed by atoms with van der Waals surface area (Å²) >= 11 is 6.08. The smallest absolute Gasteiger partial charge is 0.124 e. The van der Waals surface area contributed by atoms with Crippen LogP contribution in [0.3, 0.4) is 0 Å². The monoisotopic (exact) mass is 282 g/mol. The van der Waals surface area contributed by atoms with Gasteiger partial charge in [-0.05, 0) is 18.2 Å². The van der Waals surface area contributed by atoms with Gasteiger partial charge in [0.1, 0.15) is 12.2 Å². The molecule has 0 unspecified atom stereocenters. The van der Waals surface area contributed by atoms with Gasteiger partial charge in [0.25, 0.3) is 0 Å². The largest absolute Gasteiger partial charge is 0.361 e. The fourth-order valence-corrected chi connectivity index (χ4v) is 2.67. The van der Waals surface area contributed by atoms with Crippen molar-refractivity contribution in [2.75, 3.05) is 6.61 Å². The second-order valence-electron chi connectivity index (χ2n) is 5.67. The maximum Gasteiger partial charge on any atom is 0.124 e. The first kappa shape index (κ1) is 13.6. The third kappa shape index (κ3) is 3.34. The van der Waals surface area contributed by atoms with E-state index in [-0.39, 0.29) is 0 Å². The molecular weight excluding hydrogens is 264 g/mol. The molecule has 0 radical (unpaired) electrons. The van der Waals surface area contributed by atoms with Crippen molar-refractivity contribution in [1.82, 2.24) is 9.55 Å². The lowest BCUT2D eigenvalue weighted by Gasteiger charge is -2.15. The van der Waals surface area contributed by atoms with Crippen LogP contribution in [0.4, 0.5) is 0 Å². The third-order valence-electron chi connectivity index (χ3n) is 2.83. The Bertz CT molecular complexity index is 533. The molecule has 0 fully saturated rings. The van der Waals surface area contributed by atoms with Crippen LogP contribution in [0.2, 0.25) is 30.7 Å². The van der Waals surface area contributed by atoms with E-state index in [0.717, 1.165) is 17.6 Å². The molecule has 0 N–H and O–H groups in total. The van der Waals surface area contributed by atoms with E-state index in [1.807, 2.05) is 22.8 Å². The minimum Gasteiger partial charge on any atom is -0.361 e. The van der Waals surface area contributed by atoms with Gasteiger partial charge in [0.2, 0.25) is 0 Å². The molecule has 1 heterocycles. The zero-order valence-electron chi connectivity index (χ0n) is 11.1. The lowest BCUT2D eigenvalue weighted by atomic mass is 10.3. The molecule has 1 aromatic heterocycles. The summed E-state index contributed by atoms with van der Waals surface area (Å²) in [4.78, 5) is 4.31. The highest BCUT2D eigenvalue weighted by Crippen LogP contribution is 2.21. The van der Waals surface area contributed by atoms with Crippen molar-refractivity contribution in [2.45, 2.75) is 32.4 Å². The van der Waals surface area contributed by atoms with Crippen molar-refractivity contribution in [3.05, 3.63) is 29.5 Å². The van der Waals surface area contributed by atoms with E-state index in [1.165, 1.54) is 6.04 Å². The van der Waals surface area contributed by atoms with Crippen LogP contribution in [0, 0.1) is 0 Å². The Morgan fingerprint density at radius 2 is 2.11 bits per heavy atom. The summed E-state index contributed by atoms with van der Waals surface area (Å²) in [5.41, 5.74) is 1.86. The number of benzene rings is 1. The summed E-state index contributed by atoms with van der Waals surface area (Å²) in [5.74, 6) is 0. The first-order valence-electron chi connectivity index (χ1n) is 6.14. The molecule has 0 aliphatic rings. The van der Waals surface area contributed by atoms with Crippen molar-refractivity contribution in [2.24, 2.45) is 0 Å². The molecule has 0 saturated carbocycles. The van der Waals surface area contributed by atoms with Gasteiger partial charge < -0.3 is 9.30 Å². The van der Waals surface area contributed by atoms with E-state index >= 15 is 0 Å². The minimum absolute atomic E-state index is 0.543. The van der Waals surface area contributed by atoms with Crippen LogP contribution in [-0.2, 0) is 11.5 Å². The Morgan fingerprint density at radius 1 is 1.33 bits per heavy atom. The zero-order valence-corrected chi connectivity index (χ0v) is 12.9. The molecule has 1 aromatic carbocycles. The van der Waals surface area contributed by atoms with Crippen LogP contribution < -0.4 is 0 Å². The topological polar surface area (TPSA) is 27.1 Å². The Kier molecular flexibility index (Phi) is 4.09. The first-order chi connectivity index (χ1) is 8.47. The maximum atomic E-state index is 6.08.